The number of carbonyl (C=O) groups excluding carboxylic acids is 1. The standard InChI is InChI=1S/C10H10ClNO4S/c11-8-2-1-7(17-8)9(13)12-3-4-16-5-6(12)10(14)15/h1-2,6H,3-5H2,(H,14,15)/t6-/m0/s1. The minimum Gasteiger partial charge on any atom is -0.480 e. The topological polar surface area (TPSA) is 66.8 Å². The molecule has 2 heterocycles. The molecule has 0 bridgehead atoms. The number of carboxylic acids is 1. The van der Waals surface area contributed by atoms with Crippen molar-refractivity contribution in [2.24, 2.45) is 0 Å². The van der Waals surface area contributed by atoms with Crippen LogP contribution in [0.15, 0.2) is 12.1 Å². The number of carbonyl (C=O) groups is 2. The van der Waals surface area contributed by atoms with Crippen molar-refractivity contribution in [1.82, 2.24) is 4.90 Å². The van der Waals surface area contributed by atoms with E-state index in [0.29, 0.717) is 15.8 Å². The zero-order valence-electron chi connectivity index (χ0n) is 8.76. The minimum atomic E-state index is -1.05. The Bertz CT molecular complexity index is 447. The molecular formula is C10H10ClNO4S. The van der Waals surface area contributed by atoms with Crippen LogP contribution in [0.25, 0.3) is 0 Å². The highest BCUT2D eigenvalue weighted by atomic mass is 35.5. The summed E-state index contributed by atoms with van der Waals surface area (Å²) in [5.41, 5.74) is 0. The summed E-state index contributed by atoms with van der Waals surface area (Å²) in [5, 5.41) is 9.01. The van der Waals surface area contributed by atoms with Crippen molar-refractivity contribution in [3.05, 3.63) is 21.3 Å². The third-order valence-corrected chi connectivity index (χ3v) is 3.68. The van der Waals surface area contributed by atoms with Gasteiger partial charge in [-0.2, -0.15) is 0 Å². The molecule has 1 aromatic heterocycles. The lowest BCUT2D eigenvalue weighted by Gasteiger charge is -2.32. The van der Waals surface area contributed by atoms with Crippen LogP contribution < -0.4 is 0 Å². The number of nitrogens with zero attached hydrogens (tertiary/aromatic N) is 1. The highest BCUT2D eigenvalue weighted by Gasteiger charge is 2.33. The third kappa shape index (κ3) is 2.59. The Labute approximate surface area is 107 Å². The van der Waals surface area contributed by atoms with E-state index in [9.17, 15) is 9.59 Å². The number of morpholine rings is 1. The molecule has 1 saturated heterocycles. The maximum Gasteiger partial charge on any atom is 0.328 e. The Morgan fingerprint density at radius 2 is 2.29 bits per heavy atom. The molecule has 0 spiro atoms. The highest BCUT2D eigenvalue weighted by Crippen LogP contribution is 2.24. The lowest BCUT2D eigenvalue weighted by Crippen LogP contribution is -2.52. The maximum atomic E-state index is 12.1. The van der Waals surface area contributed by atoms with Crippen LogP contribution in [-0.4, -0.2) is 47.7 Å². The molecule has 0 aromatic carbocycles. The van der Waals surface area contributed by atoms with Crippen LogP contribution in [0, 0.1) is 0 Å². The smallest absolute Gasteiger partial charge is 0.328 e. The van der Waals surface area contributed by atoms with E-state index in [4.69, 9.17) is 21.4 Å². The average molecular weight is 276 g/mol. The van der Waals surface area contributed by atoms with Gasteiger partial charge in [-0.15, -0.1) is 11.3 Å². The molecule has 1 amide bonds. The molecule has 5 nitrogen and oxygen atoms in total. The first-order valence-corrected chi connectivity index (χ1v) is 6.16. The van der Waals surface area contributed by atoms with Crippen molar-refractivity contribution in [3.63, 3.8) is 0 Å². The van der Waals surface area contributed by atoms with E-state index in [1.807, 2.05) is 0 Å². The summed E-state index contributed by atoms with van der Waals surface area (Å²) >= 11 is 6.89. The molecule has 7 heteroatoms. The number of hydrogen-bond acceptors (Lipinski definition) is 4. The summed E-state index contributed by atoms with van der Waals surface area (Å²) in [4.78, 5) is 24.9. The van der Waals surface area contributed by atoms with Crippen molar-refractivity contribution in [1.29, 1.82) is 0 Å². The summed E-state index contributed by atoms with van der Waals surface area (Å²) in [6.07, 6.45) is 0. The highest BCUT2D eigenvalue weighted by molar-refractivity contribution is 7.17. The van der Waals surface area contributed by atoms with Crippen LogP contribution >= 0.6 is 22.9 Å². The molecule has 0 saturated carbocycles. The van der Waals surface area contributed by atoms with Gasteiger partial charge in [-0.05, 0) is 12.1 Å². The van der Waals surface area contributed by atoms with Crippen molar-refractivity contribution in [3.8, 4) is 0 Å². The molecule has 0 radical (unpaired) electrons. The zero-order chi connectivity index (χ0) is 12.4. The quantitative estimate of drug-likeness (QED) is 0.884. The van der Waals surface area contributed by atoms with E-state index in [2.05, 4.69) is 0 Å². The molecule has 0 aliphatic carbocycles. The van der Waals surface area contributed by atoms with Crippen LogP contribution in [0.5, 0.6) is 0 Å². The van der Waals surface area contributed by atoms with E-state index in [1.54, 1.807) is 12.1 Å². The molecule has 92 valence electrons. The van der Waals surface area contributed by atoms with Gasteiger partial charge in [0.1, 0.15) is 0 Å². The number of halogens is 1. The fourth-order valence-electron chi connectivity index (χ4n) is 1.62. The Morgan fingerprint density at radius 3 is 2.88 bits per heavy atom. The van der Waals surface area contributed by atoms with Gasteiger partial charge in [0.05, 0.1) is 22.4 Å². The Balaban J connectivity index is 2.19. The predicted octanol–water partition coefficient (Wildman–Crippen LogP) is 1.33. The number of amides is 1. The number of ether oxygens (including phenoxy) is 1. The van der Waals surface area contributed by atoms with E-state index in [0.717, 1.165) is 11.3 Å². The van der Waals surface area contributed by atoms with Crippen LogP contribution in [0.4, 0.5) is 0 Å². The molecule has 1 aliphatic heterocycles. The van der Waals surface area contributed by atoms with Crippen LogP contribution in [0.3, 0.4) is 0 Å². The number of thiophene rings is 1. The van der Waals surface area contributed by atoms with Crippen molar-refractivity contribution < 1.29 is 19.4 Å². The Hall–Kier alpha value is -1.11. The van der Waals surface area contributed by atoms with Gasteiger partial charge in [0.25, 0.3) is 5.91 Å². The fourth-order valence-corrected chi connectivity index (χ4v) is 2.62. The first-order valence-electron chi connectivity index (χ1n) is 4.96. The van der Waals surface area contributed by atoms with E-state index in [1.165, 1.54) is 4.90 Å². The van der Waals surface area contributed by atoms with Gasteiger partial charge in [-0.25, -0.2) is 4.79 Å². The molecular weight excluding hydrogens is 266 g/mol. The first kappa shape index (κ1) is 12.3. The van der Waals surface area contributed by atoms with Crippen molar-refractivity contribution in [2.45, 2.75) is 6.04 Å². The summed E-state index contributed by atoms with van der Waals surface area (Å²) < 4.78 is 5.58. The monoisotopic (exact) mass is 275 g/mol. The van der Waals surface area contributed by atoms with Crippen LogP contribution in [-0.2, 0) is 9.53 Å². The van der Waals surface area contributed by atoms with E-state index in [-0.39, 0.29) is 19.1 Å². The number of hydrogen-bond donors (Lipinski definition) is 1. The second kappa shape index (κ2) is 5.03. The maximum absolute atomic E-state index is 12.1. The summed E-state index contributed by atoms with van der Waals surface area (Å²) in [5.74, 6) is -1.36. The Morgan fingerprint density at radius 1 is 1.53 bits per heavy atom. The van der Waals surface area contributed by atoms with Gasteiger partial charge in [0.2, 0.25) is 0 Å². The van der Waals surface area contributed by atoms with Crippen molar-refractivity contribution in [2.75, 3.05) is 19.8 Å². The molecule has 1 atom stereocenters. The zero-order valence-corrected chi connectivity index (χ0v) is 10.3. The SMILES string of the molecule is O=C(O)[C@@H]1COCCN1C(=O)c1ccc(Cl)s1. The first-order chi connectivity index (χ1) is 8.09. The fraction of sp³-hybridized carbons (Fsp3) is 0.400. The molecule has 17 heavy (non-hydrogen) atoms. The van der Waals surface area contributed by atoms with Crippen molar-refractivity contribution >= 4 is 34.8 Å². The summed E-state index contributed by atoms with van der Waals surface area (Å²) in [7, 11) is 0. The van der Waals surface area contributed by atoms with Crippen LogP contribution in [0.2, 0.25) is 4.34 Å². The number of carboxylic acid groups (broad SMARTS) is 1. The summed E-state index contributed by atoms with van der Waals surface area (Å²) in [6.45, 7) is 0.667. The van der Waals surface area contributed by atoms with Gasteiger partial charge in [0, 0.05) is 6.54 Å². The number of rotatable bonds is 2. The largest absolute Gasteiger partial charge is 0.480 e. The summed E-state index contributed by atoms with van der Waals surface area (Å²) in [6, 6.07) is 2.30. The lowest BCUT2D eigenvalue weighted by molar-refractivity contribution is -0.147. The lowest BCUT2D eigenvalue weighted by atomic mass is 10.2. The van der Waals surface area contributed by atoms with Gasteiger partial charge in [-0.1, -0.05) is 11.6 Å². The Kier molecular flexibility index (Phi) is 3.66. The van der Waals surface area contributed by atoms with Gasteiger partial charge >= 0.3 is 5.97 Å². The normalized spacial score (nSPS) is 20.3. The predicted molar refractivity (Wildman–Crippen MR) is 62.6 cm³/mol. The second-order valence-corrected chi connectivity index (χ2v) is 5.25. The second-order valence-electron chi connectivity index (χ2n) is 3.53. The van der Waals surface area contributed by atoms with Gasteiger partial charge in [0.15, 0.2) is 6.04 Å². The molecule has 1 N–H and O–H groups in total. The molecule has 0 unspecified atom stereocenters. The minimum absolute atomic E-state index is 0.0280. The van der Waals surface area contributed by atoms with E-state index >= 15 is 0 Å². The molecule has 1 aliphatic rings. The number of aliphatic carboxylic acids is 1. The van der Waals surface area contributed by atoms with Gasteiger partial charge < -0.3 is 14.7 Å². The van der Waals surface area contributed by atoms with Crippen LogP contribution in [0.1, 0.15) is 9.67 Å². The molecule has 1 aromatic rings. The molecule has 1 fully saturated rings. The third-order valence-electron chi connectivity index (χ3n) is 2.46. The van der Waals surface area contributed by atoms with Gasteiger partial charge in [-0.3, -0.25) is 4.79 Å². The van der Waals surface area contributed by atoms with E-state index < -0.39 is 12.0 Å². The molecule has 2 rings (SSSR count). The average Bonchev–Trinajstić information content (AvgIpc) is 2.75.